The number of hydrogen-bond acceptors (Lipinski definition) is 5. The van der Waals surface area contributed by atoms with Crippen LogP contribution in [0.2, 0.25) is 0 Å². The Hall–Kier alpha value is -3.19. The van der Waals surface area contributed by atoms with Crippen LogP contribution in [0.4, 0.5) is 0 Å². The Balaban J connectivity index is 1.60. The Labute approximate surface area is 164 Å². The minimum absolute atomic E-state index is 0.337. The molecule has 0 saturated heterocycles. The van der Waals surface area contributed by atoms with E-state index in [4.69, 9.17) is 4.42 Å². The number of aliphatic imine (C=N–C) groups is 1. The van der Waals surface area contributed by atoms with Gasteiger partial charge in [0.15, 0.2) is 5.96 Å². The minimum Gasteiger partial charge on any atom is -0.444 e. The molecule has 0 aliphatic rings. The summed E-state index contributed by atoms with van der Waals surface area (Å²) >= 11 is 0. The van der Waals surface area contributed by atoms with Crippen LogP contribution in [0.15, 0.2) is 64.5 Å². The van der Waals surface area contributed by atoms with E-state index in [0.717, 1.165) is 16.8 Å². The van der Waals surface area contributed by atoms with E-state index in [1.54, 1.807) is 30.8 Å². The summed E-state index contributed by atoms with van der Waals surface area (Å²) in [4.78, 5) is 13.0. The molecule has 0 amide bonds. The van der Waals surface area contributed by atoms with Crippen molar-refractivity contribution in [2.24, 2.45) is 4.99 Å². The molecule has 3 rings (SSSR count). The van der Waals surface area contributed by atoms with Crippen LogP contribution in [0.25, 0.3) is 11.5 Å². The van der Waals surface area contributed by atoms with Crippen LogP contribution < -0.4 is 10.6 Å². The van der Waals surface area contributed by atoms with Gasteiger partial charge in [-0.3, -0.25) is 4.98 Å². The second-order valence-corrected chi connectivity index (χ2v) is 6.38. The molecule has 3 aromatic rings. The number of pyridine rings is 1. The standard InChI is InChI=1S/C21H25N5O2/c1-3-23-21(25-13-19(27)16-8-10-22-11-9-16)24-12-18-14-28-20(26-18)17-6-4-15(2)5-7-17/h4-11,14,19,27H,3,12-13H2,1-2H3,(H2,23,24,25). The zero-order valence-corrected chi connectivity index (χ0v) is 16.1. The lowest BCUT2D eigenvalue weighted by Crippen LogP contribution is -2.39. The lowest BCUT2D eigenvalue weighted by atomic mass is 10.1. The molecule has 146 valence electrons. The van der Waals surface area contributed by atoms with Crippen LogP contribution in [-0.4, -0.2) is 34.1 Å². The van der Waals surface area contributed by atoms with Crippen molar-refractivity contribution < 1.29 is 9.52 Å². The molecule has 0 radical (unpaired) electrons. The number of hydrogen-bond donors (Lipinski definition) is 3. The fraction of sp³-hybridized carbons (Fsp3) is 0.286. The third-order valence-corrected chi connectivity index (χ3v) is 4.15. The maximum atomic E-state index is 10.3. The van der Waals surface area contributed by atoms with E-state index in [1.807, 2.05) is 38.1 Å². The van der Waals surface area contributed by atoms with Gasteiger partial charge in [-0.05, 0) is 43.7 Å². The van der Waals surface area contributed by atoms with Gasteiger partial charge >= 0.3 is 0 Å². The molecule has 0 aliphatic heterocycles. The van der Waals surface area contributed by atoms with Crippen LogP contribution in [0.5, 0.6) is 0 Å². The van der Waals surface area contributed by atoms with Gasteiger partial charge in [-0.25, -0.2) is 9.98 Å². The van der Waals surface area contributed by atoms with E-state index in [2.05, 4.69) is 25.6 Å². The van der Waals surface area contributed by atoms with Crippen molar-refractivity contribution in [2.75, 3.05) is 13.1 Å². The van der Waals surface area contributed by atoms with Gasteiger partial charge in [0.05, 0.1) is 12.6 Å². The number of nitrogens with zero attached hydrogens (tertiary/aromatic N) is 3. The summed E-state index contributed by atoms with van der Waals surface area (Å²) < 4.78 is 5.57. The van der Waals surface area contributed by atoms with Crippen LogP contribution >= 0.6 is 0 Å². The van der Waals surface area contributed by atoms with Gasteiger partial charge < -0.3 is 20.2 Å². The summed E-state index contributed by atoms with van der Waals surface area (Å²) in [6, 6.07) is 11.6. The number of aliphatic hydroxyl groups is 1. The van der Waals surface area contributed by atoms with Crippen molar-refractivity contribution in [3.05, 3.63) is 71.9 Å². The number of aliphatic hydroxyl groups excluding tert-OH is 1. The summed E-state index contributed by atoms with van der Waals surface area (Å²) in [6.07, 6.45) is 4.29. The zero-order chi connectivity index (χ0) is 19.8. The van der Waals surface area contributed by atoms with E-state index in [9.17, 15) is 5.11 Å². The fourth-order valence-corrected chi connectivity index (χ4v) is 2.61. The van der Waals surface area contributed by atoms with E-state index in [-0.39, 0.29) is 0 Å². The topological polar surface area (TPSA) is 95.6 Å². The van der Waals surface area contributed by atoms with E-state index >= 15 is 0 Å². The number of rotatable bonds is 7. The quantitative estimate of drug-likeness (QED) is 0.432. The fourth-order valence-electron chi connectivity index (χ4n) is 2.61. The van der Waals surface area contributed by atoms with Gasteiger partial charge in [0, 0.05) is 31.0 Å². The molecule has 0 aliphatic carbocycles. The number of oxazole rings is 1. The van der Waals surface area contributed by atoms with E-state index in [1.165, 1.54) is 5.56 Å². The SMILES string of the molecule is CCNC(=NCc1coc(-c2ccc(C)cc2)n1)NCC(O)c1ccncc1. The van der Waals surface area contributed by atoms with Crippen molar-refractivity contribution >= 4 is 5.96 Å². The lowest BCUT2D eigenvalue weighted by molar-refractivity contribution is 0.180. The Bertz CT molecular complexity index is 891. The van der Waals surface area contributed by atoms with E-state index < -0.39 is 6.10 Å². The van der Waals surface area contributed by atoms with Gasteiger partial charge in [0.1, 0.15) is 12.0 Å². The van der Waals surface area contributed by atoms with Crippen molar-refractivity contribution in [1.29, 1.82) is 0 Å². The number of nitrogens with one attached hydrogen (secondary N) is 2. The van der Waals surface area contributed by atoms with Gasteiger partial charge in [-0.2, -0.15) is 0 Å². The predicted octanol–water partition coefficient (Wildman–Crippen LogP) is 2.83. The second kappa shape index (κ2) is 9.66. The summed E-state index contributed by atoms with van der Waals surface area (Å²) in [7, 11) is 0. The summed E-state index contributed by atoms with van der Waals surface area (Å²) in [5.41, 5.74) is 3.67. The third-order valence-electron chi connectivity index (χ3n) is 4.15. The van der Waals surface area contributed by atoms with E-state index in [0.29, 0.717) is 31.5 Å². The predicted molar refractivity (Wildman–Crippen MR) is 109 cm³/mol. The van der Waals surface area contributed by atoms with Crippen molar-refractivity contribution in [3.8, 4) is 11.5 Å². The smallest absolute Gasteiger partial charge is 0.226 e. The Morgan fingerprint density at radius 2 is 1.89 bits per heavy atom. The van der Waals surface area contributed by atoms with Gasteiger partial charge in [-0.15, -0.1) is 0 Å². The Kier molecular flexibility index (Phi) is 6.75. The first kappa shape index (κ1) is 19.6. The maximum absolute atomic E-state index is 10.3. The molecule has 7 heteroatoms. The van der Waals surface area contributed by atoms with Crippen molar-refractivity contribution in [3.63, 3.8) is 0 Å². The highest BCUT2D eigenvalue weighted by Gasteiger charge is 2.09. The largest absolute Gasteiger partial charge is 0.444 e. The monoisotopic (exact) mass is 379 g/mol. The molecule has 1 aromatic carbocycles. The molecule has 7 nitrogen and oxygen atoms in total. The molecule has 1 unspecified atom stereocenters. The number of aryl methyl sites for hydroxylation is 1. The minimum atomic E-state index is -0.646. The Morgan fingerprint density at radius 1 is 1.14 bits per heavy atom. The van der Waals surface area contributed by atoms with Crippen LogP contribution in [0.3, 0.4) is 0 Å². The molecule has 0 fully saturated rings. The zero-order valence-electron chi connectivity index (χ0n) is 16.1. The summed E-state index contributed by atoms with van der Waals surface area (Å²) in [5, 5.41) is 16.6. The number of aromatic nitrogens is 2. The third kappa shape index (κ3) is 5.40. The average molecular weight is 379 g/mol. The number of benzene rings is 1. The first-order chi connectivity index (χ1) is 13.7. The van der Waals surface area contributed by atoms with Crippen molar-refractivity contribution in [1.82, 2.24) is 20.6 Å². The van der Waals surface area contributed by atoms with Crippen LogP contribution in [0.1, 0.15) is 29.8 Å². The first-order valence-corrected chi connectivity index (χ1v) is 9.27. The molecule has 28 heavy (non-hydrogen) atoms. The molecule has 1 atom stereocenters. The number of guanidine groups is 1. The maximum Gasteiger partial charge on any atom is 0.226 e. The summed E-state index contributed by atoms with van der Waals surface area (Å²) in [6.45, 7) is 5.45. The molecular formula is C21H25N5O2. The molecule has 2 aromatic heterocycles. The summed E-state index contributed by atoms with van der Waals surface area (Å²) in [5.74, 6) is 1.19. The Morgan fingerprint density at radius 3 is 2.61 bits per heavy atom. The molecule has 0 spiro atoms. The van der Waals surface area contributed by atoms with Gasteiger partial charge in [0.25, 0.3) is 0 Å². The molecular weight excluding hydrogens is 354 g/mol. The first-order valence-electron chi connectivity index (χ1n) is 9.27. The van der Waals surface area contributed by atoms with Gasteiger partial charge in [-0.1, -0.05) is 17.7 Å². The molecule has 0 saturated carbocycles. The highest BCUT2D eigenvalue weighted by atomic mass is 16.3. The highest BCUT2D eigenvalue weighted by molar-refractivity contribution is 5.79. The molecule has 2 heterocycles. The second-order valence-electron chi connectivity index (χ2n) is 6.38. The highest BCUT2D eigenvalue weighted by Crippen LogP contribution is 2.19. The van der Waals surface area contributed by atoms with Crippen LogP contribution in [-0.2, 0) is 6.54 Å². The average Bonchev–Trinajstić information content (AvgIpc) is 3.20. The van der Waals surface area contributed by atoms with Crippen LogP contribution in [0, 0.1) is 6.92 Å². The molecule has 0 bridgehead atoms. The lowest BCUT2D eigenvalue weighted by Gasteiger charge is -2.15. The normalized spacial score (nSPS) is 12.6. The molecule has 3 N–H and O–H groups in total. The van der Waals surface area contributed by atoms with Gasteiger partial charge in [0.2, 0.25) is 5.89 Å². The van der Waals surface area contributed by atoms with Crippen molar-refractivity contribution in [2.45, 2.75) is 26.5 Å².